The van der Waals surface area contributed by atoms with Gasteiger partial charge in [-0.15, -0.1) is 0 Å². The Labute approximate surface area is 119 Å². The smallest absolute Gasteiger partial charge is 0.221 e. The minimum absolute atomic E-state index is 0.539. The number of nitrogens with zero attached hydrogens (tertiary/aromatic N) is 2. The largest absolute Gasteiger partial charge is 0.383 e. The van der Waals surface area contributed by atoms with Gasteiger partial charge in [-0.05, 0) is 38.5 Å². The molecule has 0 aromatic heterocycles. The number of amidine groups is 1. The van der Waals surface area contributed by atoms with Crippen LogP contribution >= 0.6 is 0 Å². The molecule has 0 saturated carbocycles. The van der Waals surface area contributed by atoms with Crippen molar-refractivity contribution < 1.29 is 9.78 Å². The van der Waals surface area contributed by atoms with E-state index in [0.29, 0.717) is 12.4 Å². The standard InChI is InChI=1S/C15H21N3O2/c1-3-18(4-2)11-6-7-12-13(10-11)15(17-14(12)16)8-5-9-19-20-15/h6-7,10H,3-5,8-9H2,1-2H3,(H2,16,17). The van der Waals surface area contributed by atoms with Crippen LogP contribution in [0.2, 0.25) is 0 Å². The summed E-state index contributed by atoms with van der Waals surface area (Å²) in [6.45, 7) is 6.85. The summed E-state index contributed by atoms with van der Waals surface area (Å²) in [7, 11) is 0. The Hall–Kier alpha value is -1.59. The molecule has 2 aliphatic heterocycles. The molecule has 1 saturated heterocycles. The van der Waals surface area contributed by atoms with Gasteiger partial charge in [-0.2, -0.15) is 0 Å². The van der Waals surface area contributed by atoms with Crippen LogP contribution in [0.25, 0.3) is 0 Å². The van der Waals surface area contributed by atoms with Gasteiger partial charge in [0.1, 0.15) is 5.84 Å². The van der Waals surface area contributed by atoms with Crippen molar-refractivity contribution in [2.45, 2.75) is 32.4 Å². The van der Waals surface area contributed by atoms with Gasteiger partial charge >= 0.3 is 0 Å². The monoisotopic (exact) mass is 275 g/mol. The molecule has 5 heteroatoms. The van der Waals surface area contributed by atoms with Crippen molar-refractivity contribution in [3.05, 3.63) is 29.3 Å². The van der Waals surface area contributed by atoms with Gasteiger partial charge in [0.2, 0.25) is 5.72 Å². The van der Waals surface area contributed by atoms with Crippen LogP contribution in [0.3, 0.4) is 0 Å². The Morgan fingerprint density at radius 2 is 2.15 bits per heavy atom. The lowest BCUT2D eigenvalue weighted by atomic mass is 9.95. The van der Waals surface area contributed by atoms with E-state index in [1.807, 2.05) is 6.07 Å². The van der Waals surface area contributed by atoms with Crippen LogP contribution in [0.1, 0.15) is 37.8 Å². The van der Waals surface area contributed by atoms with Crippen LogP contribution in [0.15, 0.2) is 23.2 Å². The fraction of sp³-hybridized carbons (Fsp3) is 0.533. The third-order valence-electron chi connectivity index (χ3n) is 4.07. The van der Waals surface area contributed by atoms with Gasteiger partial charge in [-0.3, -0.25) is 0 Å². The SMILES string of the molecule is CCN(CC)c1ccc2c(c1)C1(CCCOO1)N=C2N. The minimum Gasteiger partial charge on any atom is -0.383 e. The third kappa shape index (κ3) is 1.98. The summed E-state index contributed by atoms with van der Waals surface area (Å²) in [5.74, 6) is 0.539. The maximum atomic E-state index is 6.04. The number of fused-ring (bicyclic) bond motifs is 2. The topological polar surface area (TPSA) is 60.1 Å². The molecule has 1 fully saturated rings. The summed E-state index contributed by atoms with van der Waals surface area (Å²) in [6.07, 6.45) is 1.73. The molecule has 0 radical (unpaired) electrons. The second-order valence-corrected chi connectivity index (χ2v) is 5.19. The van der Waals surface area contributed by atoms with Gasteiger partial charge < -0.3 is 10.6 Å². The Balaban J connectivity index is 2.04. The molecule has 1 atom stereocenters. The zero-order valence-electron chi connectivity index (χ0n) is 12.1. The highest BCUT2D eigenvalue weighted by Gasteiger charge is 2.43. The summed E-state index contributed by atoms with van der Waals surface area (Å²) in [5.41, 5.74) is 8.47. The molecule has 1 unspecified atom stereocenters. The lowest BCUT2D eigenvalue weighted by molar-refractivity contribution is -0.386. The normalized spacial score (nSPS) is 24.6. The van der Waals surface area contributed by atoms with Crippen molar-refractivity contribution in [2.75, 3.05) is 24.6 Å². The van der Waals surface area contributed by atoms with E-state index in [1.54, 1.807) is 0 Å². The molecule has 2 aliphatic rings. The fourth-order valence-corrected chi connectivity index (χ4v) is 2.98. The zero-order chi connectivity index (χ0) is 14.2. The van der Waals surface area contributed by atoms with E-state index < -0.39 is 5.72 Å². The number of nitrogens with two attached hydrogens (primary N) is 1. The molecular weight excluding hydrogens is 254 g/mol. The van der Waals surface area contributed by atoms with Gasteiger partial charge in [-0.25, -0.2) is 14.8 Å². The maximum Gasteiger partial charge on any atom is 0.221 e. The van der Waals surface area contributed by atoms with E-state index in [0.717, 1.165) is 37.1 Å². The number of hydrogen-bond donors (Lipinski definition) is 1. The molecule has 108 valence electrons. The Morgan fingerprint density at radius 1 is 1.35 bits per heavy atom. The average Bonchev–Trinajstić information content (AvgIpc) is 2.74. The second kappa shape index (κ2) is 5.07. The molecule has 2 heterocycles. The number of aliphatic imine (C=N–C) groups is 1. The van der Waals surface area contributed by atoms with Crippen LogP contribution < -0.4 is 10.6 Å². The molecular formula is C15H21N3O2. The highest BCUT2D eigenvalue weighted by Crippen LogP contribution is 2.43. The van der Waals surface area contributed by atoms with Gasteiger partial charge in [-0.1, -0.05) is 0 Å². The summed E-state index contributed by atoms with van der Waals surface area (Å²) in [4.78, 5) is 17.6. The van der Waals surface area contributed by atoms with Gasteiger partial charge in [0.25, 0.3) is 0 Å². The molecule has 1 aromatic rings. The first-order valence-electron chi connectivity index (χ1n) is 7.26. The Morgan fingerprint density at radius 3 is 2.80 bits per heavy atom. The van der Waals surface area contributed by atoms with Crippen LogP contribution in [-0.2, 0) is 15.5 Å². The average molecular weight is 275 g/mol. The molecule has 1 aromatic carbocycles. The number of benzene rings is 1. The van der Waals surface area contributed by atoms with E-state index in [9.17, 15) is 0 Å². The lowest BCUT2D eigenvalue weighted by Crippen LogP contribution is -2.31. The number of anilines is 1. The fourth-order valence-electron chi connectivity index (χ4n) is 2.98. The van der Waals surface area contributed by atoms with Crippen molar-refractivity contribution in [3.8, 4) is 0 Å². The first kappa shape index (κ1) is 13.4. The third-order valence-corrected chi connectivity index (χ3v) is 4.07. The number of rotatable bonds is 3. The van der Waals surface area contributed by atoms with Crippen LogP contribution in [0.5, 0.6) is 0 Å². The molecule has 1 spiro atoms. The molecule has 0 bridgehead atoms. The van der Waals surface area contributed by atoms with Crippen LogP contribution in [-0.4, -0.2) is 25.5 Å². The van der Waals surface area contributed by atoms with E-state index in [4.69, 9.17) is 15.5 Å². The number of hydrogen-bond acceptors (Lipinski definition) is 5. The Bertz CT molecular complexity index is 532. The molecule has 0 aliphatic carbocycles. The van der Waals surface area contributed by atoms with Crippen molar-refractivity contribution in [2.24, 2.45) is 10.7 Å². The predicted molar refractivity (Wildman–Crippen MR) is 78.7 cm³/mol. The Kier molecular flexibility index (Phi) is 3.40. The van der Waals surface area contributed by atoms with Crippen LogP contribution in [0.4, 0.5) is 5.69 Å². The molecule has 20 heavy (non-hydrogen) atoms. The van der Waals surface area contributed by atoms with E-state index >= 15 is 0 Å². The van der Waals surface area contributed by atoms with E-state index in [-0.39, 0.29) is 0 Å². The quantitative estimate of drug-likeness (QED) is 0.859. The molecule has 5 nitrogen and oxygen atoms in total. The first-order chi connectivity index (χ1) is 9.70. The summed E-state index contributed by atoms with van der Waals surface area (Å²) < 4.78 is 0. The van der Waals surface area contributed by atoms with Crippen molar-refractivity contribution in [3.63, 3.8) is 0 Å². The summed E-state index contributed by atoms with van der Waals surface area (Å²) >= 11 is 0. The molecule has 3 rings (SSSR count). The van der Waals surface area contributed by atoms with E-state index in [1.165, 1.54) is 5.69 Å². The lowest BCUT2D eigenvalue weighted by Gasteiger charge is -2.31. The summed E-state index contributed by atoms with van der Waals surface area (Å²) in [5, 5.41) is 0. The second-order valence-electron chi connectivity index (χ2n) is 5.19. The van der Waals surface area contributed by atoms with Crippen molar-refractivity contribution in [1.82, 2.24) is 0 Å². The van der Waals surface area contributed by atoms with Crippen LogP contribution in [0, 0.1) is 0 Å². The highest BCUT2D eigenvalue weighted by atomic mass is 17.2. The zero-order valence-corrected chi connectivity index (χ0v) is 12.1. The van der Waals surface area contributed by atoms with E-state index in [2.05, 4.69) is 35.9 Å². The molecule has 0 amide bonds. The van der Waals surface area contributed by atoms with Gasteiger partial charge in [0, 0.05) is 36.3 Å². The van der Waals surface area contributed by atoms with Crippen molar-refractivity contribution >= 4 is 11.5 Å². The highest BCUT2D eigenvalue weighted by molar-refractivity contribution is 6.02. The van der Waals surface area contributed by atoms with Gasteiger partial charge in [0.05, 0.1) is 6.61 Å². The molecule has 2 N–H and O–H groups in total. The first-order valence-corrected chi connectivity index (χ1v) is 7.26. The maximum absolute atomic E-state index is 6.04. The van der Waals surface area contributed by atoms with Crippen molar-refractivity contribution in [1.29, 1.82) is 0 Å². The predicted octanol–water partition coefficient (Wildman–Crippen LogP) is 2.15. The minimum atomic E-state index is -0.735. The van der Waals surface area contributed by atoms with Gasteiger partial charge in [0.15, 0.2) is 0 Å². The summed E-state index contributed by atoms with van der Waals surface area (Å²) in [6, 6.07) is 6.27.